The van der Waals surface area contributed by atoms with Gasteiger partial charge < -0.3 is 0 Å². The number of halogens is 2. The molecule has 0 fully saturated rings. The summed E-state index contributed by atoms with van der Waals surface area (Å²) in [5, 5.41) is 9.15. The Bertz CT molecular complexity index is 367. The molecule has 0 bridgehead atoms. The Morgan fingerprint density at radius 3 is 2.43 bits per heavy atom. The molecule has 2 nitrogen and oxygen atoms in total. The summed E-state index contributed by atoms with van der Waals surface area (Å²) in [5.74, 6) is 0.0198. The zero-order chi connectivity index (χ0) is 10.6. The van der Waals surface area contributed by atoms with Crippen molar-refractivity contribution in [2.24, 2.45) is 0 Å². The summed E-state index contributed by atoms with van der Waals surface area (Å²) < 4.78 is 0. The smallest absolute Gasteiger partial charge is 0.177 e. The van der Waals surface area contributed by atoms with E-state index in [9.17, 15) is 4.79 Å². The van der Waals surface area contributed by atoms with Gasteiger partial charge in [-0.15, -0.1) is 0 Å². The average molecular weight is 317 g/mol. The Hall–Kier alpha value is -0.660. The molecule has 1 atom stereocenters. The third-order valence-electron chi connectivity index (χ3n) is 1.72. The van der Waals surface area contributed by atoms with Crippen LogP contribution in [0.5, 0.6) is 0 Å². The van der Waals surface area contributed by atoms with Gasteiger partial charge in [-0.25, -0.2) is 0 Å². The number of nitriles is 1. The number of carbonyl (C=O) groups is 1. The van der Waals surface area contributed by atoms with E-state index in [1.54, 1.807) is 24.3 Å². The molecule has 0 saturated carbocycles. The lowest BCUT2D eigenvalue weighted by molar-refractivity contribution is 0.0997. The quantitative estimate of drug-likeness (QED) is 0.635. The summed E-state index contributed by atoms with van der Waals surface area (Å²) in [6.07, 6.45) is 0. The first kappa shape index (κ1) is 11.4. The molecule has 14 heavy (non-hydrogen) atoms. The number of alkyl halides is 2. The Kier molecular flexibility index (Phi) is 4.30. The van der Waals surface area contributed by atoms with Crippen LogP contribution in [0.2, 0.25) is 0 Å². The zero-order valence-electron chi connectivity index (χ0n) is 7.21. The standard InChI is InChI=1S/C10H7Br2NO/c11-5-9(12)10(14)8-3-1-7(6-13)2-4-8/h1-4,9H,5H2. The van der Waals surface area contributed by atoms with Crippen molar-refractivity contribution in [3.63, 3.8) is 0 Å². The molecule has 0 aromatic heterocycles. The lowest BCUT2D eigenvalue weighted by atomic mass is 10.1. The highest BCUT2D eigenvalue weighted by Crippen LogP contribution is 2.13. The summed E-state index contributed by atoms with van der Waals surface area (Å²) in [4.78, 5) is 11.4. The van der Waals surface area contributed by atoms with Gasteiger partial charge >= 0.3 is 0 Å². The lowest BCUT2D eigenvalue weighted by Gasteiger charge is -2.04. The molecular formula is C10H7Br2NO. The second-order valence-electron chi connectivity index (χ2n) is 2.68. The Labute approximate surface area is 99.2 Å². The molecule has 0 aliphatic carbocycles. The van der Waals surface area contributed by atoms with Crippen LogP contribution in [0.15, 0.2) is 24.3 Å². The van der Waals surface area contributed by atoms with Crippen LogP contribution in [0, 0.1) is 11.3 Å². The van der Waals surface area contributed by atoms with Crippen LogP contribution in [-0.2, 0) is 0 Å². The third kappa shape index (κ3) is 2.66. The van der Waals surface area contributed by atoms with Crippen molar-refractivity contribution in [2.45, 2.75) is 4.83 Å². The Balaban J connectivity index is 2.88. The van der Waals surface area contributed by atoms with Crippen LogP contribution in [0.1, 0.15) is 15.9 Å². The van der Waals surface area contributed by atoms with E-state index >= 15 is 0 Å². The third-order valence-corrected chi connectivity index (χ3v) is 3.97. The fraction of sp³-hybridized carbons (Fsp3) is 0.200. The molecule has 0 spiro atoms. The van der Waals surface area contributed by atoms with Crippen LogP contribution in [-0.4, -0.2) is 15.9 Å². The van der Waals surface area contributed by atoms with Gasteiger partial charge in [-0.2, -0.15) is 5.26 Å². The van der Waals surface area contributed by atoms with Gasteiger partial charge in [0.25, 0.3) is 0 Å². The number of hydrogen-bond acceptors (Lipinski definition) is 2. The second-order valence-corrected chi connectivity index (χ2v) is 4.43. The molecule has 72 valence electrons. The van der Waals surface area contributed by atoms with Gasteiger partial charge in [0.1, 0.15) is 0 Å². The first-order valence-corrected chi connectivity index (χ1v) is 5.97. The van der Waals surface area contributed by atoms with Crippen molar-refractivity contribution in [2.75, 3.05) is 5.33 Å². The minimum Gasteiger partial charge on any atom is -0.293 e. The lowest BCUT2D eigenvalue weighted by Crippen LogP contribution is -2.15. The van der Waals surface area contributed by atoms with Gasteiger partial charge in [0, 0.05) is 10.9 Å². The van der Waals surface area contributed by atoms with Crippen LogP contribution in [0.3, 0.4) is 0 Å². The zero-order valence-corrected chi connectivity index (χ0v) is 10.4. The number of hydrogen-bond donors (Lipinski definition) is 0. The van der Waals surface area contributed by atoms with Crippen molar-refractivity contribution in [1.82, 2.24) is 0 Å². The molecule has 4 heteroatoms. The van der Waals surface area contributed by atoms with E-state index in [4.69, 9.17) is 5.26 Å². The summed E-state index contributed by atoms with van der Waals surface area (Å²) in [6, 6.07) is 8.61. The molecule has 0 aliphatic heterocycles. The molecule has 0 heterocycles. The van der Waals surface area contributed by atoms with Crippen molar-refractivity contribution in [3.05, 3.63) is 35.4 Å². The summed E-state index contributed by atoms with van der Waals surface area (Å²) in [5.41, 5.74) is 1.18. The maximum atomic E-state index is 11.6. The molecule has 0 aliphatic rings. The predicted octanol–water partition coefficient (Wildman–Crippen LogP) is 2.90. The van der Waals surface area contributed by atoms with E-state index in [1.807, 2.05) is 6.07 Å². The van der Waals surface area contributed by atoms with Crippen LogP contribution >= 0.6 is 31.9 Å². The number of rotatable bonds is 3. The molecule has 1 unspecified atom stereocenters. The van der Waals surface area contributed by atoms with E-state index in [1.165, 1.54) is 0 Å². The van der Waals surface area contributed by atoms with E-state index in [2.05, 4.69) is 31.9 Å². The van der Waals surface area contributed by atoms with Crippen LogP contribution in [0.4, 0.5) is 0 Å². The van der Waals surface area contributed by atoms with E-state index in [0.717, 1.165) is 0 Å². The minimum atomic E-state index is -0.213. The second kappa shape index (κ2) is 5.28. The normalized spacial score (nSPS) is 11.8. The fourth-order valence-corrected chi connectivity index (χ4v) is 1.52. The number of ketones is 1. The van der Waals surface area contributed by atoms with Crippen molar-refractivity contribution < 1.29 is 4.79 Å². The summed E-state index contributed by atoms with van der Waals surface area (Å²) in [7, 11) is 0. The van der Waals surface area contributed by atoms with Gasteiger partial charge in [0.15, 0.2) is 5.78 Å². The average Bonchev–Trinajstić information content (AvgIpc) is 2.27. The molecule has 1 aromatic rings. The number of nitrogens with zero attached hydrogens (tertiary/aromatic N) is 1. The van der Waals surface area contributed by atoms with Crippen molar-refractivity contribution in [1.29, 1.82) is 5.26 Å². The molecule has 1 aromatic carbocycles. The largest absolute Gasteiger partial charge is 0.293 e. The van der Waals surface area contributed by atoms with Crippen LogP contribution in [0.25, 0.3) is 0 Å². The highest BCUT2D eigenvalue weighted by molar-refractivity contribution is 9.12. The number of carbonyl (C=O) groups excluding carboxylic acids is 1. The molecule has 1 rings (SSSR count). The first-order chi connectivity index (χ1) is 6.69. The first-order valence-electron chi connectivity index (χ1n) is 3.93. The van der Waals surface area contributed by atoms with Gasteiger partial charge in [0.05, 0.1) is 16.5 Å². The number of benzene rings is 1. The topological polar surface area (TPSA) is 40.9 Å². The molecule has 0 saturated heterocycles. The van der Waals surface area contributed by atoms with E-state index in [-0.39, 0.29) is 10.6 Å². The van der Waals surface area contributed by atoms with E-state index in [0.29, 0.717) is 16.5 Å². The van der Waals surface area contributed by atoms with Gasteiger partial charge in [-0.3, -0.25) is 4.79 Å². The minimum absolute atomic E-state index is 0.0198. The number of Topliss-reactive ketones (excluding diaryl/α,β-unsaturated/α-hetero) is 1. The predicted molar refractivity (Wildman–Crippen MR) is 62.0 cm³/mol. The van der Waals surface area contributed by atoms with Gasteiger partial charge in [-0.1, -0.05) is 44.0 Å². The fourth-order valence-electron chi connectivity index (χ4n) is 0.960. The van der Waals surface area contributed by atoms with Crippen molar-refractivity contribution >= 4 is 37.6 Å². The molecule has 0 N–H and O–H groups in total. The maximum absolute atomic E-state index is 11.6. The molecular weight excluding hydrogens is 310 g/mol. The highest BCUT2D eigenvalue weighted by atomic mass is 79.9. The molecule has 0 radical (unpaired) electrons. The van der Waals surface area contributed by atoms with Gasteiger partial charge in [-0.05, 0) is 12.1 Å². The highest BCUT2D eigenvalue weighted by Gasteiger charge is 2.14. The maximum Gasteiger partial charge on any atom is 0.177 e. The summed E-state index contributed by atoms with van der Waals surface area (Å²) >= 11 is 6.47. The van der Waals surface area contributed by atoms with E-state index < -0.39 is 0 Å². The van der Waals surface area contributed by atoms with Crippen LogP contribution < -0.4 is 0 Å². The van der Waals surface area contributed by atoms with Crippen molar-refractivity contribution in [3.8, 4) is 6.07 Å². The van der Waals surface area contributed by atoms with Gasteiger partial charge in [0.2, 0.25) is 0 Å². The Morgan fingerprint density at radius 2 is 2.00 bits per heavy atom. The Morgan fingerprint density at radius 1 is 1.43 bits per heavy atom. The SMILES string of the molecule is N#Cc1ccc(C(=O)C(Br)CBr)cc1. The summed E-state index contributed by atoms with van der Waals surface area (Å²) in [6.45, 7) is 0. The monoisotopic (exact) mass is 315 g/mol. The molecule has 0 amide bonds.